The molecular weight excluding hydrogens is 322 g/mol. The largest absolute Gasteiger partial charge is 0.381 e. The normalized spacial score (nSPS) is 16.3. The molecule has 2 aromatic rings. The molecular formula is C18H21N3O4. The molecule has 0 bridgehead atoms. The van der Waals surface area contributed by atoms with E-state index in [1.165, 1.54) is 22.4 Å². The SMILES string of the molecule is O=C(Cn1ccc(=O)[nH]c1=O)NCC1(c2ccccc2)CCOCC1. The Morgan fingerprint density at radius 3 is 2.56 bits per heavy atom. The van der Waals surface area contributed by atoms with Crippen LogP contribution in [0.15, 0.2) is 52.2 Å². The van der Waals surface area contributed by atoms with Crippen LogP contribution in [0.2, 0.25) is 0 Å². The van der Waals surface area contributed by atoms with Crippen molar-refractivity contribution in [3.8, 4) is 0 Å². The van der Waals surface area contributed by atoms with Crippen LogP contribution in [0.3, 0.4) is 0 Å². The first-order valence-electron chi connectivity index (χ1n) is 8.29. The van der Waals surface area contributed by atoms with E-state index in [0.717, 1.165) is 12.8 Å². The fourth-order valence-corrected chi connectivity index (χ4v) is 3.17. The van der Waals surface area contributed by atoms with Crippen LogP contribution >= 0.6 is 0 Å². The summed E-state index contributed by atoms with van der Waals surface area (Å²) < 4.78 is 6.66. The van der Waals surface area contributed by atoms with Gasteiger partial charge in [-0.3, -0.25) is 19.1 Å². The van der Waals surface area contributed by atoms with E-state index in [2.05, 4.69) is 22.4 Å². The van der Waals surface area contributed by atoms with Gasteiger partial charge in [0.1, 0.15) is 6.54 Å². The number of hydrogen-bond acceptors (Lipinski definition) is 4. The maximum absolute atomic E-state index is 12.3. The Hall–Kier alpha value is -2.67. The molecule has 1 aromatic carbocycles. The van der Waals surface area contributed by atoms with Crippen LogP contribution in [0, 0.1) is 0 Å². The molecule has 7 nitrogen and oxygen atoms in total. The number of benzene rings is 1. The number of aromatic nitrogens is 2. The van der Waals surface area contributed by atoms with Gasteiger partial charge in [-0.1, -0.05) is 30.3 Å². The molecule has 0 spiro atoms. The van der Waals surface area contributed by atoms with Gasteiger partial charge in [-0.25, -0.2) is 4.79 Å². The zero-order valence-electron chi connectivity index (χ0n) is 13.9. The Labute approximate surface area is 144 Å². The average Bonchev–Trinajstić information content (AvgIpc) is 2.64. The topological polar surface area (TPSA) is 93.2 Å². The zero-order chi connectivity index (χ0) is 17.7. The summed E-state index contributed by atoms with van der Waals surface area (Å²) in [5.41, 5.74) is -0.0521. The van der Waals surface area contributed by atoms with Crippen LogP contribution < -0.4 is 16.6 Å². The molecule has 1 fully saturated rings. The minimum atomic E-state index is -0.591. The second-order valence-corrected chi connectivity index (χ2v) is 6.27. The van der Waals surface area contributed by atoms with Gasteiger partial charge in [0.25, 0.3) is 5.56 Å². The van der Waals surface area contributed by atoms with Crippen LogP contribution in [0.5, 0.6) is 0 Å². The van der Waals surface area contributed by atoms with Crippen molar-refractivity contribution in [2.24, 2.45) is 0 Å². The summed E-state index contributed by atoms with van der Waals surface area (Å²) >= 11 is 0. The lowest BCUT2D eigenvalue weighted by molar-refractivity contribution is -0.122. The molecule has 1 aliphatic heterocycles. The molecule has 1 amide bonds. The lowest BCUT2D eigenvalue weighted by Crippen LogP contribution is -2.46. The maximum Gasteiger partial charge on any atom is 0.328 e. The van der Waals surface area contributed by atoms with E-state index in [-0.39, 0.29) is 17.9 Å². The minimum absolute atomic E-state index is 0.128. The van der Waals surface area contributed by atoms with Gasteiger partial charge in [-0.15, -0.1) is 0 Å². The number of carbonyl (C=O) groups is 1. The molecule has 25 heavy (non-hydrogen) atoms. The van der Waals surface area contributed by atoms with Crippen molar-refractivity contribution in [3.63, 3.8) is 0 Å². The molecule has 7 heteroatoms. The van der Waals surface area contributed by atoms with Crippen molar-refractivity contribution in [1.29, 1.82) is 0 Å². The number of rotatable bonds is 5. The first-order valence-corrected chi connectivity index (χ1v) is 8.29. The Morgan fingerprint density at radius 2 is 1.88 bits per heavy atom. The predicted octanol–water partition coefficient (Wildman–Crippen LogP) is 0.401. The van der Waals surface area contributed by atoms with Gasteiger partial charge in [0, 0.05) is 37.4 Å². The fraction of sp³-hybridized carbons (Fsp3) is 0.389. The van der Waals surface area contributed by atoms with Gasteiger partial charge in [0.2, 0.25) is 5.91 Å². The molecule has 1 saturated heterocycles. The minimum Gasteiger partial charge on any atom is -0.381 e. The van der Waals surface area contributed by atoms with Gasteiger partial charge in [-0.05, 0) is 18.4 Å². The highest BCUT2D eigenvalue weighted by Crippen LogP contribution is 2.34. The van der Waals surface area contributed by atoms with Gasteiger partial charge in [0.05, 0.1) is 0 Å². The van der Waals surface area contributed by atoms with E-state index < -0.39 is 11.2 Å². The van der Waals surface area contributed by atoms with Crippen molar-refractivity contribution < 1.29 is 9.53 Å². The number of ether oxygens (including phenoxy) is 1. The third-order valence-electron chi connectivity index (χ3n) is 4.67. The first-order chi connectivity index (χ1) is 12.1. The van der Waals surface area contributed by atoms with E-state index in [1.807, 2.05) is 18.2 Å². The smallest absolute Gasteiger partial charge is 0.328 e. The summed E-state index contributed by atoms with van der Waals surface area (Å²) in [5, 5.41) is 2.94. The van der Waals surface area contributed by atoms with Crippen LogP contribution in [0.4, 0.5) is 0 Å². The lowest BCUT2D eigenvalue weighted by atomic mass is 9.74. The summed E-state index contributed by atoms with van der Waals surface area (Å²) in [6, 6.07) is 11.3. The van der Waals surface area contributed by atoms with Crippen LogP contribution in [-0.4, -0.2) is 35.2 Å². The molecule has 0 radical (unpaired) electrons. The van der Waals surface area contributed by atoms with Crippen molar-refractivity contribution >= 4 is 5.91 Å². The average molecular weight is 343 g/mol. The number of aromatic amines is 1. The number of amides is 1. The first kappa shape index (κ1) is 17.2. The summed E-state index contributed by atoms with van der Waals surface area (Å²) in [6.45, 7) is 1.67. The number of H-pyrrole nitrogens is 1. The highest BCUT2D eigenvalue weighted by Gasteiger charge is 2.34. The number of nitrogens with one attached hydrogen (secondary N) is 2. The number of carbonyl (C=O) groups excluding carboxylic acids is 1. The summed E-state index contributed by atoms with van der Waals surface area (Å²) in [6.07, 6.45) is 2.98. The molecule has 2 heterocycles. The standard InChI is InChI=1S/C18H21N3O4/c22-15-6-9-21(17(24)20-15)12-16(23)19-13-18(7-10-25-11-8-18)14-4-2-1-3-5-14/h1-6,9H,7-8,10-13H2,(H,19,23)(H,20,22,24). The predicted molar refractivity (Wildman–Crippen MR) is 92.5 cm³/mol. The van der Waals surface area contributed by atoms with E-state index in [0.29, 0.717) is 19.8 Å². The van der Waals surface area contributed by atoms with E-state index in [4.69, 9.17) is 4.74 Å². The lowest BCUT2D eigenvalue weighted by Gasteiger charge is -2.38. The van der Waals surface area contributed by atoms with Crippen LogP contribution in [0.1, 0.15) is 18.4 Å². The second-order valence-electron chi connectivity index (χ2n) is 6.27. The van der Waals surface area contributed by atoms with Crippen molar-refractivity contribution in [1.82, 2.24) is 14.9 Å². The zero-order valence-corrected chi connectivity index (χ0v) is 13.9. The molecule has 0 aliphatic carbocycles. The summed E-state index contributed by atoms with van der Waals surface area (Å²) in [7, 11) is 0. The van der Waals surface area contributed by atoms with Crippen molar-refractivity contribution in [2.45, 2.75) is 24.8 Å². The second kappa shape index (κ2) is 7.48. The van der Waals surface area contributed by atoms with Crippen LogP contribution in [-0.2, 0) is 21.5 Å². The van der Waals surface area contributed by atoms with Gasteiger partial charge in [-0.2, -0.15) is 0 Å². The van der Waals surface area contributed by atoms with Gasteiger partial charge in [0.15, 0.2) is 0 Å². The van der Waals surface area contributed by atoms with Crippen molar-refractivity contribution in [3.05, 3.63) is 69.0 Å². The van der Waals surface area contributed by atoms with E-state index in [9.17, 15) is 14.4 Å². The summed E-state index contributed by atoms with van der Waals surface area (Å²) in [4.78, 5) is 37.2. The fourth-order valence-electron chi connectivity index (χ4n) is 3.17. The van der Waals surface area contributed by atoms with E-state index in [1.54, 1.807) is 0 Å². The molecule has 2 N–H and O–H groups in total. The molecule has 3 rings (SSSR count). The van der Waals surface area contributed by atoms with Gasteiger partial charge < -0.3 is 10.1 Å². The Bertz CT molecular complexity index is 835. The van der Waals surface area contributed by atoms with Gasteiger partial charge >= 0.3 is 5.69 Å². The van der Waals surface area contributed by atoms with Crippen molar-refractivity contribution in [2.75, 3.05) is 19.8 Å². The maximum atomic E-state index is 12.3. The number of nitrogens with zero attached hydrogens (tertiary/aromatic N) is 1. The molecule has 0 unspecified atom stereocenters. The Morgan fingerprint density at radius 1 is 1.16 bits per heavy atom. The monoisotopic (exact) mass is 343 g/mol. The number of hydrogen-bond donors (Lipinski definition) is 2. The third-order valence-corrected chi connectivity index (χ3v) is 4.67. The molecule has 1 aromatic heterocycles. The highest BCUT2D eigenvalue weighted by atomic mass is 16.5. The Balaban J connectivity index is 1.70. The Kier molecular flexibility index (Phi) is 5.14. The van der Waals surface area contributed by atoms with Crippen LogP contribution in [0.25, 0.3) is 0 Å². The molecule has 0 saturated carbocycles. The summed E-state index contributed by atoms with van der Waals surface area (Å²) in [5.74, 6) is -0.268. The molecule has 132 valence electrons. The molecule has 0 atom stereocenters. The third kappa shape index (κ3) is 4.06. The van der Waals surface area contributed by atoms with E-state index >= 15 is 0 Å². The quantitative estimate of drug-likeness (QED) is 0.822. The highest BCUT2D eigenvalue weighted by molar-refractivity contribution is 5.75. The molecule has 1 aliphatic rings.